The standard InChI is InChI=1S/C18H31N/c1-6-12-19-18(13-14(3)4)17-10-8-16(9-11-17)15(5)7-2/h8-11,14-15,18-19H,6-7,12-13H2,1-5H3. The molecule has 19 heavy (non-hydrogen) atoms. The summed E-state index contributed by atoms with van der Waals surface area (Å²) >= 11 is 0. The molecule has 108 valence electrons. The van der Waals surface area contributed by atoms with Crippen molar-refractivity contribution in [1.29, 1.82) is 0 Å². The fraction of sp³-hybridized carbons (Fsp3) is 0.667. The average Bonchev–Trinajstić information content (AvgIpc) is 2.42. The number of hydrogen-bond acceptors (Lipinski definition) is 1. The summed E-state index contributed by atoms with van der Waals surface area (Å²) in [5, 5.41) is 3.68. The van der Waals surface area contributed by atoms with E-state index >= 15 is 0 Å². The normalized spacial score (nSPS) is 14.6. The van der Waals surface area contributed by atoms with Gasteiger partial charge < -0.3 is 5.32 Å². The molecule has 0 amide bonds. The second kappa shape index (κ2) is 8.37. The number of rotatable bonds is 8. The molecular formula is C18H31N. The topological polar surface area (TPSA) is 12.0 Å². The van der Waals surface area contributed by atoms with Crippen LogP contribution in [0.25, 0.3) is 0 Å². The SMILES string of the molecule is CCCNC(CC(C)C)c1ccc(C(C)CC)cc1. The number of hydrogen-bond donors (Lipinski definition) is 1. The zero-order valence-electron chi connectivity index (χ0n) is 13.4. The Balaban J connectivity index is 2.77. The van der Waals surface area contributed by atoms with Crippen LogP contribution in [-0.2, 0) is 0 Å². The highest BCUT2D eigenvalue weighted by Crippen LogP contribution is 2.24. The van der Waals surface area contributed by atoms with Crippen molar-refractivity contribution in [3.63, 3.8) is 0 Å². The summed E-state index contributed by atoms with van der Waals surface area (Å²) in [6.07, 6.45) is 3.62. The molecule has 0 saturated heterocycles. The van der Waals surface area contributed by atoms with Crippen molar-refractivity contribution < 1.29 is 0 Å². The third kappa shape index (κ3) is 5.36. The van der Waals surface area contributed by atoms with Crippen LogP contribution in [-0.4, -0.2) is 6.54 Å². The van der Waals surface area contributed by atoms with Gasteiger partial charge in [0, 0.05) is 6.04 Å². The molecule has 0 aliphatic carbocycles. The Morgan fingerprint density at radius 1 is 0.947 bits per heavy atom. The van der Waals surface area contributed by atoms with Gasteiger partial charge in [-0.3, -0.25) is 0 Å². The third-order valence-corrected chi connectivity index (χ3v) is 3.87. The maximum atomic E-state index is 3.68. The lowest BCUT2D eigenvalue weighted by Gasteiger charge is -2.21. The van der Waals surface area contributed by atoms with Gasteiger partial charge in [-0.25, -0.2) is 0 Å². The molecule has 0 fully saturated rings. The molecule has 1 aromatic carbocycles. The lowest BCUT2D eigenvalue weighted by Crippen LogP contribution is -2.23. The quantitative estimate of drug-likeness (QED) is 0.670. The van der Waals surface area contributed by atoms with Crippen molar-refractivity contribution in [2.24, 2.45) is 5.92 Å². The Morgan fingerprint density at radius 3 is 2.00 bits per heavy atom. The molecule has 1 rings (SSSR count). The molecule has 0 radical (unpaired) electrons. The van der Waals surface area contributed by atoms with Gasteiger partial charge in [-0.15, -0.1) is 0 Å². The van der Waals surface area contributed by atoms with Crippen molar-refractivity contribution in [3.8, 4) is 0 Å². The highest BCUT2D eigenvalue weighted by molar-refractivity contribution is 5.27. The van der Waals surface area contributed by atoms with Crippen LogP contribution in [0.1, 0.15) is 77.0 Å². The Kier molecular flexibility index (Phi) is 7.15. The van der Waals surface area contributed by atoms with Gasteiger partial charge in [0.2, 0.25) is 0 Å². The molecule has 0 heterocycles. The van der Waals surface area contributed by atoms with Gasteiger partial charge in [0.1, 0.15) is 0 Å². The van der Waals surface area contributed by atoms with Crippen LogP contribution < -0.4 is 5.32 Å². The van der Waals surface area contributed by atoms with E-state index in [1.165, 1.54) is 30.4 Å². The van der Waals surface area contributed by atoms with Crippen LogP contribution in [0.4, 0.5) is 0 Å². The first-order valence-electron chi connectivity index (χ1n) is 7.91. The van der Waals surface area contributed by atoms with E-state index in [2.05, 4.69) is 64.2 Å². The van der Waals surface area contributed by atoms with Crippen molar-refractivity contribution in [3.05, 3.63) is 35.4 Å². The fourth-order valence-electron chi connectivity index (χ4n) is 2.42. The Bertz CT molecular complexity index is 339. The van der Waals surface area contributed by atoms with Crippen LogP contribution in [0.5, 0.6) is 0 Å². The summed E-state index contributed by atoms with van der Waals surface area (Å²) < 4.78 is 0. The maximum Gasteiger partial charge on any atom is 0.0322 e. The van der Waals surface area contributed by atoms with Gasteiger partial charge in [0.05, 0.1) is 0 Å². The van der Waals surface area contributed by atoms with Crippen molar-refractivity contribution in [1.82, 2.24) is 5.32 Å². The highest BCUT2D eigenvalue weighted by atomic mass is 14.9. The van der Waals surface area contributed by atoms with Gasteiger partial charge in [0.15, 0.2) is 0 Å². The van der Waals surface area contributed by atoms with Crippen LogP contribution >= 0.6 is 0 Å². The van der Waals surface area contributed by atoms with E-state index in [1.54, 1.807) is 0 Å². The Hall–Kier alpha value is -0.820. The largest absolute Gasteiger partial charge is 0.310 e. The van der Waals surface area contributed by atoms with E-state index in [9.17, 15) is 0 Å². The Labute approximate surface area is 119 Å². The van der Waals surface area contributed by atoms with Gasteiger partial charge in [0.25, 0.3) is 0 Å². The molecule has 1 nitrogen and oxygen atoms in total. The molecule has 0 aliphatic heterocycles. The lowest BCUT2D eigenvalue weighted by molar-refractivity contribution is 0.430. The van der Waals surface area contributed by atoms with E-state index in [0.29, 0.717) is 12.0 Å². The first kappa shape index (κ1) is 16.2. The summed E-state index contributed by atoms with van der Waals surface area (Å²) in [5.74, 6) is 1.39. The number of benzene rings is 1. The van der Waals surface area contributed by atoms with Crippen LogP contribution in [0, 0.1) is 5.92 Å². The third-order valence-electron chi connectivity index (χ3n) is 3.87. The van der Waals surface area contributed by atoms with E-state index in [-0.39, 0.29) is 0 Å². The first-order valence-corrected chi connectivity index (χ1v) is 7.91. The molecule has 1 heteroatoms. The second-order valence-corrected chi connectivity index (χ2v) is 6.11. The summed E-state index contributed by atoms with van der Waals surface area (Å²) in [4.78, 5) is 0. The van der Waals surface area contributed by atoms with E-state index < -0.39 is 0 Å². The minimum Gasteiger partial charge on any atom is -0.310 e. The Morgan fingerprint density at radius 2 is 1.53 bits per heavy atom. The molecule has 1 N–H and O–H groups in total. The van der Waals surface area contributed by atoms with Crippen LogP contribution in [0.2, 0.25) is 0 Å². The molecule has 0 aliphatic rings. The maximum absolute atomic E-state index is 3.68. The van der Waals surface area contributed by atoms with Gasteiger partial charge >= 0.3 is 0 Å². The zero-order valence-corrected chi connectivity index (χ0v) is 13.4. The van der Waals surface area contributed by atoms with E-state index in [0.717, 1.165) is 12.5 Å². The highest BCUT2D eigenvalue weighted by Gasteiger charge is 2.13. The molecule has 0 bridgehead atoms. The van der Waals surface area contributed by atoms with E-state index in [1.807, 2.05) is 0 Å². The molecule has 0 spiro atoms. The fourth-order valence-corrected chi connectivity index (χ4v) is 2.42. The lowest BCUT2D eigenvalue weighted by atomic mass is 9.93. The molecule has 2 atom stereocenters. The smallest absolute Gasteiger partial charge is 0.0322 e. The summed E-state index contributed by atoms with van der Waals surface area (Å²) in [5.41, 5.74) is 2.90. The van der Waals surface area contributed by atoms with Crippen LogP contribution in [0.15, 0.2) is 24.3 Å². The minimum atomic E-state index is 0.505. The molecule has 0 aromatic heterocycles. The van der Waals surface area contributed by atoms with Crippen LogP contribution in [0.3, 0.4) is 0 Å². The summed E-state index contributed by atoms with van der Waals surface area (Å²) in [7, 11) is 0. The second-order valence-electron chi connectivity index (χ2n) is 6.11. The molecular weight excluding hydrogens is 230 g/mol. The van der Waals surface area contributed by atoms with Gasteiger partial charge in [-0.1, -0.05) is 58.9 Å². The summed E-state index contributed by atoms with van der Waals surface area (Å²) in [6, 6.07) is 9.76. The molecule has 1 aromatic rings. The number of nitrogens with one attached hydrogen (secondary N) is 1. The molecule has 2 unspecified atom stereocenters. The predicted molar refractivity (Wildman–Crippen MR) is 85.6 cm³/mol. The molecule has 0 saturated carbocycles. The predicted octanol–water partition coefficient (Wildman–Crippen LogP) is 5.29. The minimum absolute atomic E-state index is 0.505. The van der Waals surface area contributed by atoms with Gasteiger partial charge in [-0.05, 0) is 48.8 Å². The monoisotopic (exact) mass is 261 g/mol. The zero-order chi connectivity index (χ0) is 14.3. The first-order chi connectivity index (χ1) is 9.08. The summed E-state index contributed by atoms with van der Waals surface area (Å²) in [6.45, 7) is 12.5. The van der Waals surface area contributed by atoms with Crippen molar-refractivity contribution in [2.75, 3.05) is 6.54 Å². The van der Waals surface area contributed by atoms with Crippen molar-refractivity contribution in [2.45, 2.75) is 65.8 Å². The van der Waals surface area contributed by atoms with Gasteiger partial charge in [-0.2, -0.15) is 0 Å². The van der Waals surface area contributed by atoms with E-state index in [4.69, 9.17) is 0 Å². The van der Waals surface area contributed by atoms with Crippen molar-refractivity contribution >= 4 is 0 Å². The average molecular weight is 261 g/mol.